The van der Waals surface area contributed by atoms with Crippen molar-refractivity contribution in [1.82, 2.24) is 10.3 Å². The molecule has 1 aromatic heterocycles. The molecule has 0 atom stereocenters. The Labute approximate surface area is 124 Å². The predicted octanol–water partition coefficient (Wildman–Crippen LogP) is 1.82. The average molecular weight is 284 g/mol. The van der Waals surface area contributed by atoms with Crippen LogP contribution in [0.3, 0.4) is 0 Å². The molecule has 0 saturated carbocycles. The van der Waals surface area contributed by atoms with Gasteiger partial charge < -0.3 is 16.3 Å². The molecule has 0 unspecified atom stereocenters. The number of benzene rings is 1. The summed E-state index contributed by atoms with van der Waals surface area (Å²) in [6.45, 7) is 3.71. The fraction of sp³-hybridized carbons (Fsp3) is 0.250. The Kier molecular flexibility index (Phi) is 5.29. The van der Waals surface area contributed by atoms with Crippen LogP contribution in [-0.2, 0) is 13.0 Å². The SMILES string of the molecule is Cc1cc(/C(N)=N/O)ccc1CNCCc1cccnc1. The van der Waals surface area contributed by atoms with E-state index in [0.717, 1.165) is 30.6 Å². The number of rotatable bonds is 6. The molecule has 0 amide bonds. The van der Waals surface area contributed by atoms with E-state index in [2.05, 4.69) is 21.5 Å². The van der Waals surface area contributed by atoms with Crippen molar-refractivity contribution in [2.45, 2.75) is 19.9 Å². The number of pyridine rings is 1. The second-order valence-corrected chi connectivity index (χ2v) is 4.91. The van der Waals surface area contributed by atoms with Gasteiger partial charge in [0.05, 0.1) is 0 Å². The van der Waals surface area contributed by atoms with Crippen LogP contribution in [0.2, 0.25) is 0 Å². The van der Waals surface area contributed by atoms with Crippen molar-refractivity contribution in [2.75, 3.05) is 6.54 Å². The number of nitrogens with one attached hydrogen (secondary N) is 1. The van der Waals surface area contributed by atoms with Gasteiger partial charge in [0, 0.05) is 24.5 Å². The largest absolute Gasteiger partial charge is 0.409 e. The van der Waals surface area contributed by atoms with Crippen LogP contribution in [0.15, 0.2) is 47.9 Å². The van der Waals surface area contributed by atoms with Crippen molar-refractivity contribution >= 4 is 5.84 Å². The first-order valence-corrected chi connectivity index (χ1v) is 6.87. The molecule has 2 rings (SSSR count). The minimum atomic E-state index is 0.134. The first-order chi connectivity index (χ1) is 10.2. The van der Waals surface area contributed by atoms with Crippen LogP contribution in [0.1, 0.15) is 22.3 Å². The lowest BCUT2D eigenvalue weighted by Crippen LogP contribution is -2.18. The van der Waals surface area contributed by atoms with E-state index in [1.54, 1.807) is 6.20 Å². The second kappa shape index (κ2) is 7.40. The Balaban J connectivity index is 1.86. The van der Waals surface area contributed by atoms with Gasteiger partial charge in [-0.25, -0.2) is 0 Å². The Morgan fingerprint density at radius 2 is 2.24 bits per heavy atom. The molecule has 5 heteroatoms. The van der Waals surface area contributed by atoms with Gasteiger partial charge in [-0.05, 0) is 48.7 Å². The van der Waals surface area contributed by atoms with Crippen LogP contribution in [-0.4, -0.2) is 22.6 Å². The summed E-state index contributed by atoms with van der Waals surface area (Å²) >= 11 is 0. The molecular weight excluding hydrogens is 264 g/mol. The van der Waals surface area contributed by atoms with Gasteiger partial charge in [0.25, 0.3) is 0 Å². The number of amidine groups is 1. The fourth-order valence-corrected chi connectivity index (χ4v) is 2.11. The molecule has 21 heavy (non-hydrogen) atoms. The second-order valence-electron chi connectivity index (χ2n) is 4.91. The highest BCUT2D eigenvalue weighted by Crippen LogP contribution is 2.11. The van der Waals surface area contributed by atoms with Crippen LogP contribution in [0, 0.1) is 6.92 Å². The number of aryl methyl sites for hydroxylation is 1. The topological polar surface area (TPSA) is 83.5 Å². The van der Waals surface area contributed by atoms with Gasteiger partial charge in [-0.3, -0.25) is 4.98 Å². The molecule has 5 nitrogen and oxygen atoms in total. The van der Waals surface area contributed by atoms with Crippen LogP contribution in [0.4, 0.5) is 0 Å². The van der Waals surface area contributed by atoms with E-state index in [0.29, 0.717) is 0 Å². The summed E-state index contributed by atoms with van der Waals surface area (Å²) in [5.41, 5.74) is 9.86. The Morgan fingerprint density at radius 3 is 2.90 bits per heavy atom. The zero-order chi connectivity index (χ0) is 15.1. The van der Waals surface area contributed by atoms with Crippen LogP contribution < -0.4 is 11.1 Å². The normalized spacial score (nSPS) is 11.6. The number of aromatic nitrogens is 1. The Morgan fingerprint density at radius 1 is 1.38 bits per heavy atom. The molecule has 1 aromatic carbocycles. The van der Waals surface area contributed by atoms with Gasteiger partial charge in [0.1, 0.15) is 0 Å². The van der Waals surface area contributed by atoms with Crippen molar-refractivity contribution < 1.29 is 5.21 Å². The Bertz CT molecular complexity index is 611. The van der Waals surface area contributed by atoms with Crippen molar-refractivity contribution in [3.63, 3.8) is 0 Å². The monoisotopic (exact) mass is 284 g/mol. The number of nitrogens with zero attached hydrogens (tertiary/aromatic N) is 2. The first kappa shape index (κ1) is 15.0. The molecule has 0 aliphatic heterocycles. The van der Waals surface area contributed by atoms with E-state index in [9.17, 15) is 0 Å². The number of oxime groups is 1. The summed E-state index contributed by atoms with van der Waals surface area (Å²) in [5.74, 6) is 0.134. The zero-order valence-corrected chi connectivity index (χ0v) is 12.1. The van der Waals surface area contributed by atoms with Crippen molar-refractivity contribution in [2.24, 2.45) is 10.9 Å². The molecule has 110 valence electrons. The standard InChI is InChI=1S/C16H20N4O/c1-12-9-14(16(17)20-21)4-5-15(12)11-19-8-6-13-3-2-7-18-10-13/h2-5,7,9-10,19,21H,6,8,11H2,1H3,(H2,17,20). The lowest BCUT2D eigenvalue weighted by atomic mass is 10.0. The lowest BCUT2D eigenvalue weighted by molar-refractivity contribution is 0.318. The minimum Gasteiger partial charge on any atom is -0.409 e. The quantitative estimate of drug-likeness (QED) is 0.248. The molecule has 0 radical (unpaired) electrons. The van der Waals surface area contributed by atoms with Crippen molar-refractivity contribution in [3.8, 4) is 0 Å². The number of nitrogens with two attached hydrogens (primary N) is 1. The van der Waals surface area contributed by atoms with Gasteiger partial charge in [-0.1, -0.05) is 23.4 Å². The molecule has 0 aliphatic rings. The Hall–Kier alpha value is -2.40. The molecule has 2 aromatic rings. The van der Waals surface area contributed by atoms with Gasteiger partial charge >= 0.3 is 0 Å². The number of hydrogen-bond acceptors (Lipinski definition) is 4. The third-order valence-corrected chi connectivity index (χ3v) is 3.37. The first-order valence-electron chi connectivity index (χ1n) is 6.87. The predicted molar refractivity (Wildman–Crippen MR) is 83.3 cm³/mol. The van der Waals surface area contributed by atoms with Crippen molar-refractivity contribution in [1.29, 1.82) is 0 Å². The smallest absolute Gasteiger partial charge is 0.170 e. The number of hydrogen-bond donors (Lipinski definition) is 3. The third kappa shape index (κ3) is 4.29. The molecule has 0 spiro atoms. The maximum absolute atomic E-state index is 8.68. The maximum atomic E-state index is 8.68. The van der Waals surface area contributed by atoms with Gasteiger partial charge in [-0.2, -0.15) is 0 Å². The van der Waals surface area contributed by atoms with E-state index in [1.807, 2.05) is 37.4 Å². The molecule has 0 aliphatic carbocycles. The van der Waals surface area contributed by atoms with E-state index in [1.165, 1.54) is 11.1 Å². The van der Waals surface area contributed by atoms with E-state index in [4.69, 9.17) is 10.9 Å². The zero-order valence-electron chi connectivity index (χ0n) is 12.1. The lowest BCUT2D eigenvalue weighted by Gasteiger charge is -2.09. The molecular formula is C16H20N4O. The third-order valence-electron chi connectivity index (χ3n) is 3.37. The summed E-state index contributed by atoms with van der Waals surface area (Å²) in [6.07, 6.45) is 4.62. The molecule has 0 bridgehead atoms. The maximum Gasteiger partial charge on any atom is 0.170 e. The summed E-state index contributed by atoms with van der Waals surface area (Å²) in [5, 5.41) is 15.1. The fourth-order valence-electron chi connectivity index (χ4n) is 2.11. The van der Waals surface area contributed by atoms with Crippen LogP contribution in [0.5, 0.6) is 0 Å². The minimum absolute atomic E-state index is 0.134. The van der Waals surface area contributed by atoms with Crippen LogP contribution in [0.25, 0.3) is 0 Å². The summed E-state index contributed by atoms with van der Waals surface area (Å²) in [6, 6.07) is 9.81. The highest BCUT2D eigenvalue weighted by atomic mass is 16.4. The highest BCUT2D eigenvalue weighted by molar-refractivity contribution is 5.97. The van der Waals surface area contributed by atoms with Gasteiger partial charge in [-0.15, -0.1) is 0 Å². The molecule has 0 fully saturated rings. The summed E-state index contributed by atoms with van der Waals surface area (Å²) in [4.78, 5) is 4.10. The molecule has 0 saturated heterocycles. The molecule has 4 N–H and O–H groups in total. The molecule has 1 heterocycles. The van der Waals surface area contributed by atoms with Crippen molar-refractivity contribution in [3.05, 3.63) is 65.0 Å². The summed E-state index contributed by atoms with van der Waals surface area (Å²) in [7, 11) is 0. The average Bonchev–Trinajstić information content (AvgIpc) is 2.53. The van der Waals surface area contributed by atoms with E-state index < -0.39 is 0 Å². The highest BCUT2D eigenvalue weighted by Gasteiger charge is 2.03. The summed E-state index contributed by atoms with van der Waals surface area (Å²) < 4.78 is 0. The van der Waals surface area contributed by atoms with E-state index >= 15 is 0 Å². The van der Waals surface area contributed by atoms with E-state index in [-0.39, 0.29) is 5.84 Å². The van der Waals surface area contributed by atoms with Gasteiger partial charge in [0.15, 0.2) is 5.84 Å². The van der Waals surface area contributed by atoms with Crippen LogP contribution >= 0.6 is 0 Å². The van der Waals surface area contributed by atoms with Gasteiger partial charge in [0.2, 0.25) is 0 Å².